The summed E-state index contributed by atoms with van der Waals surface area (Å²) in [7, 11) is 0. The predicted molar refractivity (Wildman–Crippen MR) is 151 cm³/mol. The molecular weight excluding hydrogens is 464 g/mol. The standard InChI is InChI=1S/C25H44.2C3H7NO2/c1-24-17-16-22(19-24)23(14-13-20-9-5-3-6-10-20)25(24,2)18-15-21-11-7-4-8-12-21;2*1-2-6-3(4)5/h20-23H,3-19H2,1-2H3;2*2H2,1H3,(H2,4,5). The first-order valence-corrected chi connectivity index (χ1v) is 15.5. The first-order valence-electron chi connectivity index (χ1n) is 15.5. The molecule has 216 valence electrons. The Morgan fingerprint density at radius 2 is 1.22 bits per heavy atom. The highest BCUT2D eigenvalue weighted by Crippen LogP contribution is 2.70. The highest BCUT2D eigenvalue weighted by atomic mass is 16.5. The molecule has 0 saturated heterocycles. The van der Waals surface area contributed by atoms with Crippen LogP contribution in [0.15, 0.2) is 0 Å². The van der Waals surface area contributed by atoms with Crippen LogP contribution in [-0.4, -0.2) is 25.4 Å². The maximum atomic E-state index is 9.60. The van der Waals surface area contributed by atoms with Crippen LogP contribution in [0.2, 0.25) is 0 Å². The van der Waals surface area contributed by atoms with E-state index in [0.29, 0.717) is 24.0 Å². The van der Waals surface area contributed by atoms with E-state index in [1.807, 2.05) is 0 Å². The van der Waals surface area contributed by atoms with Gasteiger partial charge in [0.15, 0.2) is 0 Å². The molecule has 0 heterocycles. The fraction of sp³-hybridized carbons (Fsp3) is 0.935. The Balaban J connectivity index is 0.000000336. The van der Waals surface area contributed by atoms with Gasteiger partial charge >= 0.3 is 12.2 Å². The summed E-state index contributed by atoms with van der Waals surface area (Å²) in [5.41, 5.74) is 10.4. The Morgan fingerprint density at radius 1 is 0.730 bits per heavy atom. The lowest BCUT2D eigenvalue weighted by Gasteiger charge is -2.49. The highest BCUT2D eigenvalue weighted by Gasteiger charge is 2.61. The molecule has 4 atom stereocenters. The third kappa shape index (κ3) is 9.66. The molecule has 0 aromatic rings. The average molecular weight is 523 g/mol. The monoisotopic (exact) mass is 522 g/mol. The molecule has 0 aromatic heterocycles. The van der Waals surface area contributed by atoms with Gasteiger partial charge in [0.2, 0.25) is 0 Å². The highest BCUT2D eigenvalue weighted by molar-refractivity contribution is 5.64. The second-order valence-electron chi connectivity index (χ2n) is 12.7. The van der Waals surface area contributed by atoms with Crippen molar-refractivity contribution in [1.82, 2.24) is 0 Å². The Hall–Kier alpha value is -1.46. The number of carbonyl (C=O) groups is 2. The molecule has 4 unspecified atom stereocenters. The Labute approximate surface area is 227 Å². The van der Waals surface area contributed by atoms with Crippen LogP contribution in [0.1, 0.15) is 137 Å². The van der Waals surface area contributed by atoms with E-state index in [9.17, 15) is 9.59 Å². The lowest BCUT2D eigenvalue weighted by Crippen LogP contribution is -2.40. The number of nitrogens with two attached hydrogens (primary N) is 2. The van der Waals surface area contributed by atoms with E-state index in [1.54, 1.807) is 84.5 Å². The largest absolute Gasteiger partial charge is 0.450 e. The molecule has 4 saturated carbocycles. The quantitative estimate of drug-likeness (QED) is 0.334. The van der Waals surface area contributed by atoms with Crippen LogP contribution in [0.25, 0.3) is 0 Å². The lowest BCUT2D eigenvalue weighted by atomic mass is 9.56. The van der Waals surface area contributed by atoms with Crippen LogP contribution in [-0.2, 0) is 9.47 Å². The van der Waals surface area contributed by atoms with Crippen LogP contribution in [0.3, 0.4) is 0 Å². The summed E-state index contributed by atoms with van der Waals surface area (Å²) in [4.78, 5) is 19.2. The number of rotatable bonds is 8. The van der Waals surface area contributed by atoms with Gasteiger partial charge in [0.1, 0.15) is 0 Å². The molecular formula is C31H58N2O4. The van der Waals surface area contributed by atoms with Gasteiger partial charge in [0.05, 0.1) is 13.2 Å². The smallest absolute Gasteiger partial charge is 0.404 e. The molecule has 2 bridgehead atoms. The van der Waals surface area contributed by atoms with Crippen molar-refractivity contribution < 1.29 is 19.1 Å². The number of hydrogen-bond donors (Lipinski definition) is 2. The van der Waals surface area contributed by atoms with E-state index in [0.717, 1.165) is 23.7 Å². The molecule has 37 heavy (non-hydrogen) atoms. The van der Waals surface area contributed by atoms with Gasteiger partial charge in [-0.15, -0.1) is 0 Å². The summed E-state index contributed by atoms with van der Waals surface area (Å²) in [5, 5.41) is 0. The molecule has 0 aliphatic heterocycles. The van der Waals surface area contributed by atoms with E-state index >= 15 is 0 Å². The second-order valence-corrected chi connectivity index (χ2v) is 12.7. The second kappa shape index (κ2) is 15.8. The first kappa shape index (κ1) is 31.8. The molecule has 4 aliphatic carbocycles. The summed E-state index contributed by atoms with van der Waals surface area (Å²) in [6.45, 7) is 9.55. The Morgan fingerprint density at radius 3 is 1.65 bits per heavy atom. The van der Waals surface area contributed by atoms with Gasteiger partial charge in [0, 0.05) is 0 Å². The van der Waals surface area contributed by atoms with Crippen molar-refractivity contribution in [3.63, 3.8) is 0 Å². The van der Waals surface area contributed by atoms with Gasteiger partial charge in [0.25, 0.3) is 0 Å². The maximum absolute atomic E-state index is 9.60. The van der Waals surface area contributed by atoms with Crippen molar-refractivity contribution in [2.24, 2.45) is 46.0 Å². The summed E-state index contributed by atoms with van der Waals surface area (Å²) in [6, 6.07) is 0. The summed E-state index contributed by atoms with van der Waals surface area (Å²) in [5.74, 6) is 4.32. The minimum Gasteiger partial charge on any atom is -0.450 e. The molecule has 0 spiro atoms. The number of amides is 2. The van der Waals surface area contributed by atoms with Crippen LogP contribution in [0, 0.1) is 34.5 Å². The lowest BCUT2D eigenvalue weighted by molar-refractivity contribution is 0.00662. The van der Waals surface area contributed by atoms with Crippen LogP contribution < -0.4 is 11.5 Å². The van der Waals surface area contributed by atoms with Crippen molar-refractivity contribution >= 4 is 12.2 Å². The van der Waals surface area contributed by atoms with Gasteiger partial charge in [-0.2, -0.15) is 0 Å². The van der Waals surface area contributed by atoms with Crippen LogP contribution >= 0.6 is 0 Å². The van der Waals surface area contributed by atoms with E-state index in [-0.39, 0.29) is 0 Å². The molecule has 0 radical (unpaired) electrons. The molecule has 4 aliphatic rings. The maximum Gasteiger partial charge on any atom is 0.404 e. The molecule has 4 N–H and O–H groups in total. The third-order valence-corrected chi connectivity index (χ3v) is 10.5. The molecule has 4 fully saturated rings. The molecule has 4 rings (SSSR count). The normalized spacial score (nSPS) is 31.5. The average Bonchev–Trinajstić information content (AvgIpc) is 3.36. The van der Waals surface area contributed by atoms with Crippen molar-refractivity contribution in [3.8, 4) is 0 Å². The van der Waals surface area contributed by atoms with E-state index in [4.69, 9.17) is 0 Å². The number of ether oxygens (including phenoxy) is 2. The molecule has 2 amide bonds. The van der Waals surface area contributed by atoms with E-state index < -0.39 is 12.2 Å². The van der Waals surface area contributed by atoms with Crippen molar-refractivity contribution in [2.45, 2.75) is 137 Å². The van der Waals surface area contributed by atoms with Crippen molar-refractivity contribution in [2.75, 3.05) is 13.2 Å². The van der Waals surface area contributed by atoms with Gasteiger partial charge in [-0.1, -0.05) is 84.5 Å². The first-order chi connectivity index (χ1) is 17.6. The summed E-state index contributed by atoms with van der Waals surface area (Å²) in [6.07, 6.45) is 24.8. The third-order valence-electron chi connectivity index (χ3n) is 10.5. The number of hydrogen-bond acceptors (Lipinski definition) is 4. The fourth-order valence-corrected chi connectivity index (χ4v) is 8.31. The molecule has 0 aromatic carbocycles. The zero-order chi connectivity index (χ0) is 27.3. The van der Waals surface area contributed by atoms with Crippen molar-refractivity contribution in [1.29, 1.82) is 0 Å². The molecule has 6 nitrogen and oxygen atoms in total. The van der Waals surface area contributed by atoms with Gasteiger partial charge in [-0.05, 0) is 86.9 Å². The Kier molecular flexibility index (Phi) is 13.6. The summed E-state index contributed by atoms with van der Waals surface area (Å²) < 4.78 is 8.36. The Bertz CT molecular complexity index is 658. The van der Waals surface area contributed by atoms with Gasteiger partial charge in [-0.25, -0.2) is 9.59 Å². The number of primary amides is 2. The minimum atomic E-state index is -0.711. The molecule has 6 heteroatoms. The fourth-order valence-electron chi connectivity index (χ4n) is 8.31. The topological polar surface area (TPSA) is 105 Å². The van der Waals surface area contributed by atoms with Crippen LogP contribution in [0.5, 0.6) is 0 Å². The minimum absolute atomic E-state index is 0.356. The van der Waals surface area contributed by atoms with E-state index in [1.165, 1.54) is 38.5 Å². The van der Waals surface area contributed by atoms with Gasteiger partial charge < -0.3 is 20.9 Å². The number of fused-ring (bicyclic) bond motifs is 2. The van der Waals surface area contributed by atoms with Gasteiger partial charge in [-0.3, -0.25) is 0 Å². The zero-order valence-electron chi connectivity index (χ0n) is 24.5. The van der Waals surface area contributed by atoms with Crippen LogP contribution in [0.4, 0.5) is 9.59 Å². The zero-order valence-corrected chi connectivity index (χ0v) is 24.5. The predicted octanol–water partition coefficient (Wildman–Crippen LogP) is 8.35. The van der Waals surface area contributed by atoms with E-state index in [2.05, 4.69) is 34.8 Å². The number of carbonyl (C=O) groups excluding carboxylic acids is 2. The van der Waals surface area contributed by atoms with Crippen molar-refractivity contribution in [3.05, 3.63) is 0 Å². The SMILES string of the molecule is CC12CCC(C1)C(CCC1CCCCC1)C2(C)CCC1CCCCC1.CCOC(N)=O.CCOC(N)=O. The summed E-state index contributed by atoms with van der Waals surface area (Å²) >= 11 is 0.